The van der Waals surface area contributed by atoms with Crippen LogP contribution in [0.3, 0.4) is 0 Å². The highest BCUT2D eigenvalue weighted by Gasteiger charge is 2.19. The van der Waals surface area contributed by atoms with Gasteiger partial charge in [-0.2, -0.15) is 9.78 Å². The number of rotatable bonds is 4. The average Bonchev–Trinajstić information content (AvgIpc) is 2.60. The third kappa shape index (κ3) is 3.12. The highest BCUT2D eigenvalue weighted by Crippen LogP contribution is 2.23. The molecule has 0 radical (unpaired) electrons. The third-order valence-electron chi connectivity index (χ3n) is 4.59. The molecule has 0 spiro atoms. The number of carbonyl (C=O) groups is 1. The van der Waals surface area contributed by atoms with E-state index in [2.05, 4.69) is 18.9 Å². The average molecular weight is 350 g/mol. The van der Waals surface area contributed by atoms with Crippen LogP contribution in [0.5, 0.6) is 0 Å². The van der Waals surface area contributed by atoms with Gasteiger partial charge in [0.1, 0.15) is 5.56 Å². The van der Waals surface area contributed by atoms with Gasteiger partial charge in [-0.3, -0.25) is 4.79 Å². The van der Waals surface area contributed by atoms with Gasteiger partial charge < -0.3 is 5.11 Å². The van der Waals surface area contributed by atoms with Gasteiger partial charge in [0, 0.05) is 5.39 Å². The van der Waals surface area contributed by atoms with E-state index in [0.29, 0.717) is 22.5 Å². The Morgan fingerprint density at radius 1 is 0.962 bits per heavy atom. The minimum absolute atomic E-state index is 0.229. The molecule has 0 atom stereocenters. The number of carboxylic acids is 1. The zero-order valence-corrected chi connectivity index (χ0v) is 15.4. The predicted octanol–water partition coefficient (Wildman–Crippen LogP) is 4.33. The van der Waals surface area contributed by atoms with E-state index in [1.807, 2.05) is 32.0 Å². The largest absolute Gasteiger partial charge is 0.477 e. The summed E-state index contributed by atoms with van der Waals surface area (Å²) in [7, 11) is 0. The van der Waals surface area contributed by atoms with Crippen LogP contribution in [-0.2, 0) is 0 Å². The van der Waals surface area contributed by atoms with Crippen LogP contribution in [0.15, 0.2) is 47.3 Å². The second kappa shape index (κ2) is 6.75. The molecule has 1 N–H and O–H groups in total. The number of fused-ring (bicyclic) bond motifs is 1. The number of nitrogens with zero attached hydrogens (tertiary/aromatic N) is 2. The van der Waals surface area contributed by atoms with Crippen molar-refractivity contribution < 1.29 is 9.90 Å². The minimum Gasteiger partial charge on any atom is -0.477 e. The number of hydrogen-bond donors (Lipinski definition) is 1. The van der Waals surface area contributed by atoms with Crippen LogP contribution >= 0.6 is 0 Å². The molecule has 2 aromatic carbocycles. The minimum atomic E-state index is -1.24. The molecular weight excluding hydrogens is 328 g/mol. The number of aromatic carboxylic acids is 1. The molecule has 134 valence electrons. The predicted molar refractivity (Wildman–Crippen MR) is 102 cm³/mol. The van der Waals surface area contributed by atoms with E-state index in [9.17, 15) is 14.7 Å². The van der Waals surface area contributed by atoms with Crippen LogP contribution in [0.25, 0.3) is 16.6 Å². The molecule has 0 fully saturated rings. The highest BCUT2D eigenvalue weighted by atomic mass is 16.4. The standard InChI is InChI=1S/C21H22N2O3/c1-12(2)14-5-8-16(9-6-14)23-20(24)19(21(25)26)17-11-15(13(3)4)7-10-18(17)22-23/h5-13H,1-4H3,(H,25,26). The first-order valence-corrected chi connectivity index (χ1v) is 8.70. The van der Waals surface area contributed by atoms with Crippen molar-refractivity contribution in [3.8, 4) is 5.69 Å². The summed E-state index contributed by atoms with van der Waals surface area (Å²) in [5.74, 6) is -0.641. The van der Waals surface area contributed by atoms with Gasteiger partial charge in [-0.15, -0.1) is 0 Å². The lowest BCUT2D eigenvalue weighted by Gasteiger charge is -2.12. The molecule has 0 aliphatic heterocycles. The van der Waals surface area contributed by atoms with Crippen molar-refractivity contribution in [2.45, 2.75) is 39.5 Å². The Morgan fingerprint density at radius 3 is 2.08 bits per heavy atom. The van der Waals surface area contributed by atoms with Crippen LogP contribution < -0.4 is 5.56 Å². The van der Waals surface area contributed by atoms with Crippen molar-refractivity contribution in [3.63, 3.8) is 0 Å². The molecule has 0 saturated carbocycles. The summed E-state index contributed by atoms with van der Waals surface area (Å²) in [6, 6.07) is 12.9. The van der Waals surface area contributed by atoms with E-state index in [4.69, 9.17) is 0 Å². The van der Waals surface area contributed by atoms with E-state index in [1.165, 1.54) is 4.68 Å². The Bertz CT molecular complexity index is 1030. The lowest BCUT2D eigenvalue weighted by atomic mass is 9.99. The van der Waals surface area contributed by atoms with E-state index in [-0.39, 0.29) is 11.5 Å². The normalized spacial score (nSPS) is 11.5. The van der Waals surface area contributed by atoms with Crippen molar-refractivity contribution >= 4 is 16.9 Å². The Kier molecular flexibility index (Phi) is 4.64. The molecule has 1 aromatic heterocycles. The second-order valence-electron chi connectivity index (χ2n) is 7.07. The van der Waals surface area contributed by atoms with E-state index in [0.717, 1.165) is 11.1 Å². The summed E-state index contributed by atoms with van der Waals surface area (Å²) in [6.07, 6.45) is 0. The smallest absolute Gasteiger partial charge is 0.342 e. The fourth-order valence-corrected chi connectivity index (χ4v) is 2.96. The SMILES string of the molecule is CC(C)c1ccc(-n2nc3ccc(C(C)C)cc3c(C(=O)O)c2=O)cc1. The molecule has 3 aromatic rings. The maximum atomic E-state index is 12.8. The van der Waals surface area contributed by atoms with Crippen LogP contribution in [0.4, 0.5) is 0 Å². The van der Waals surface area contributed by atoms with Gasteiger partial charge in [0.25, 0.3) is 5.56 Å². The fourth-order valence-electron chi connectivity index (χ4n) is 2.96. The molecule has 0 aliphatic rings. The topological polar surface area (TPSA) is 72.2 Å². The zero-order valence-electron chi connectivity index (χ0n) is 15.4. The molecule has 26 heavy (non-hydrogen) atoms. The monoisotopic (exact) mass is 350 g/mol. The molecule has 0 saturated heterocycles. The molecular formula is C21H22N2O3. The van der Waals surface area contributed by atoms with Crippen molar-refractivity contribution in [1.82, 2.24) is 9.78 Å². The summed E-state index contributed by atoms with van der Waals surface area (Å²) < 4.78 is 1.17. The number of carboxylic acid groups (broad SMARTS) is 1. The van der Waals surface area contributed by atoms with Crippen molar-refractivity contribution in [2.24, 2.45) is 0 Å². The quantitative estimate of drug-likeness (QED) is 0.760. The molecule has 0 amide bonds. The zero-order chi connectivity index (χ0) is 19.0. The summed E-state index contributed by atoms with van der Waals surface area (Å²) >= 11 is 0. The van der Waals surface area contributed by atoms with Crippen LogP contribution in [0.1, 0.15) is 61.0 Å². The van der Waals surface area contributed by atoms with E-state index in [1.54, 1.807) is 24.3 Å². The van der Waals surface area contributed by atoms with Crippen molar-refractivity contribution in [3.05, 3.63) is 69.5 Å². The van der Waals surface area contributed by atoms with Gasteiger partial charge in [-0.25, -0.2) is 4.79 Å². The fraction of sp³-hybridized carbons (Fsp3) is 0.286. The van der Waals surface area contributed by atoms with Crippen molar-refractivity contribution in [2.75, 3.05) is 0 Å². The summed E-state index contributed by atoms with van der Waals surface area (Å²) in [6.45, 7) is 8.22. The van der Waals surface area contributed by atoms with Crippen LogP contribution in [0, 0.1) is 0 Å². The van der Waals surface area contributed by atoms with Gasteiger partial charge in [0.05, 0.1) is 11.2 Å². The van der Waals surface area contributed by atoms with Crippen LogP contribution in [0.2, 0.25) is 0 Å². The molecule has 3 rings (SSSR count). The second-order valence-corrected chi connectivity index (χ2v) is 7.07. The summed E-state index contributed by atoms with van der Waals surface area (Å²) in [5.41, 5.74) is 2.28. The first kappa shape index (κ1) is 17.9. The summed E-state index contributed by atoms with van der Waals surface area (Å²) in [4.78, 5) is 24.6. The Labute approximate surface area is 151 Å². The summed E-state index contributed by atoms with van der Waals surface area (Å²) in [5, 5.41) is 14.4. The van der Waals surface area contributed by atoms with Gasteiger partial charge in [-0.1, -0.05) is 45.9 Å². The van der Waals surface area contributed by atoms with Gasteiger partial charge in [0.15, 0.2) is 0 Å². The lowest BCUT2D eigenvalue weighted by Crippen LogP contribution is -2.28. The Balaban J connectivity index is 2.27. The molecule has 0 aliphatic carbocycles. The third-order valence-corrected chi connectivity index (χ3v) is 4.59. The van der Waals surface area contributed by atoms with E-state index >= 15 is 0 Å². The maximum absolute atomic E-state index is 12.8. The Morgan fingerprint density at radius 2 is 1.54 bits per heavy atom. The van der Waals surface area contributed by atoms with Crippen LogP contribution in [-0.4, -0.2) is 20.9 Å². The lowest BCUT2D eigenvalue weighted by molar-refractivity contribution is 0.0696. The molecule has 0 unspecified atom stereocenters. The first-order chi connectivity index (χ1) is 12.3. The number of hydrogen-bond acceptors (Lipinski definition) is 3. The van der Waals surface area contributed by atoms with Gasteiger partial charge in [-0.05, 0) is 47.2 Å². The molecule has 5 heteroatoms. The Hall–Kier alpha value is -2.95. The highest BCUT2D eigenvalue weighted by molar-refractivity contribution is 6.02. The van der Waals surface area contributed by atoms with Gasteiger partial charge >= 0.3 is 5.97 Å². The maximum Gasteiger partial charge on any atom is 0.342 e. The van der Waals surface area contributed by atoms with Gasteiger partial charge in [0.2, 0.25) is 0 Å². The molecule has 1 heterocycles. The molecule has 0 bridgehead atoms. The number of aromatic nitrogens is 2. The van der Waals surface area contributed by atoms with Crippen molar-refractivity contribution in [1.29, 1.82) is 0 Å². The van der Waals surface area contributed by atoms with E-state index < -0.39 is 11.5 Å². The first-order valence-electron chi connectivity index (χ1n) is 8.70. The number of benzene rings is 2. The molecule has 5 nitrogen and oxygen atoms in total.